The van der Waals surface area contributed by atoms with E-state index in [0.717, 1.165) is 40.7 Å². The number of nitrogens with one attached hydrogen (secondary N) is 1. The molecule has 6 nitrogen and oxygen atoms in total. The van der Waals surface area contributed by atoms with Crippen LogP contribution in [0.4, 0.5) is 0 Å². The average molecular weight is 372 g/mol. The van der Waals surface area contributed by atoms with Gasteiger partial charge in [-0.1, -0.05) is 0 Å². The van der Waals surface area contributed by atoms with Crippen LogP contribution in [-0.2, 0) is 11.3 Å². The first kappa shape index (κ1) is 16.3. The number of carbonyl (C=O) groups is 1. The molecule has 4 rings (SSSR count). The van der Waals surface area contributed by atoms with Crippen LogP contribution in [-0.4, -0.2) is 27.5 Å². The molecule has 1 atom stereocenters. The highest BCUT2D eigenvalue weighted by Gasteiger charge is 2.21. The van der Waals surface area contributed by atoms with Gasteiger partial charge in [-0.2, -0.15) is 0 Å². The normalized spacial score (nSPS) is 16.9. The number of ether oxygens (including phenoxy) is 1. The van der Waals surface area contributed by atoms with Gasteiger partial charge in [0.15, 0.2) is 0 Å². The van der Waals surface area contributed by atoms with E-state index in [9.17, 15) is 4.79 Å². The van der Waals surface area contributed by atoms with Crippen molar-refractivity contribution in [3.8, 4) is 10.7 Å². The molecule has 1 aliphatic rings. The lowest BCUT2D eigenvalue weighted by atomic mass is 10.2. The first-order valence-electron chi connectivity index (χ1n) is 8.00. The van der Waals surface area contributed by atoms with Gasteiger partial charge in [-0.15, -0.1) is 22.7 Å². The second-order valence-electron chi connectivity index (χ2n) is 5.62. The van der Waals surface area contributed by atoms with Gasteiger partial charge in [0, 0.05) is 29.3 Å². The summed E-state index contributed by atoms with van der Waals surface area (Å²) in [6.07, 6.45) is 7.22. The van der Waals surface area contributed by atoms with E-state index >= 15 is 0 Å². The molecule has 1 fully saturated rings. The lowest BCUT2D eigenvalue weighted by Gasteiger charge is -2.05. The Balaban J connectivity index is 1.37. The second-order valence-corrected chi connectivity index (χ2v) is 7.59. The van der Waals surface area contributed by atoms with Crippen LogP contribution in [0, 0.1) is 0 Å². The van der Waals surface area contributed by atoms with Crippen molar-refractivity contribution in [3.63, 3.8) is 0 Å². The minimum absolute atomic E-state index is 0.0803. The van der Waals surface area contributed by atoms with Gasteiger partial charge in [-0.25, -0.2) is 4.98 Å². The second kappa shape index (κ2) is 7.38. The highest BCUT2D eigenvalue weighted by molar-refractivity contribution is 7.14. The number of hydrogen-bond donors (Lipinski definition) is 1. The molecule has 0 radical (unpaired) electrons. The van der Waals surface area contributed by atoms with Crippen LogP contribution in [0.15, 0.2) is 36.1 Å². The molecule has 0 aromatic carbocycles. The van der Waals surface area contributed by atoms with E-state index in [4.69, 9.17) is 4.74 Å². The molecule has 0 unspecified atom stereocenters. The Kier molecular flexibility index (Phi) is 4.82. The number of hydrogen-bond acceptors (Lipinski definition) is 7. The Morgan fingerprint density at radius 3 is 3.12 bits per heavy atom. The van der Waals surface area contributed by atoms with E-state index in [1.807, 2.05) is 17.5 Å². The van der Waals surface area contributed by atoms with Gasteiger partial charge in [0.2, 0.25) is 0 Å². The molecule has 1 amide bonds. The number of aromatic nitrogens is 3. The third-order valence-electron chi connectivity index (χ3n) is 3.86. The third-order valence-corrected chi connectivity index (χ3v) is 5.95. The topological polar surface area (TPSA) is 77.0 Å². The molecule has 4 heterocycles. The van der Waals surface area contributed by atoms with E-state index < -0.39 is 0 Å². The zero-order valence-corrected chi connectivity index (χ0v) is 15.0. The van der Waals surface area contributed by atoms with Gasteiger partial charge < -0.3 is 10.1 Å². The number of thiazole rings is 1. The number of thiophene rings is 1. The molecule has 1 aliphatic heterocycles. The molecule has 8 heteroatoms. The molecule has 128 valence electrons. The van der Waals surface area contributed by atoms with Crippen molar-refractivity contribution in [2.24, 2.45) is 0 Å². The van der Waals surface area contributed by atoms with Gasteiger partial charge in [0.25, 0.3) is 5.91 Å². The molecule has 25 heavy (non-hydrogen) atoms. The SMILES string of the molecule is O=C(NCc1csc(-c2cnccn2)n1)c1ccc([C@H]2CCCO2)s1. The van der Waals surface area contributed by atoms with E-state index in [1.165, 1.54) is 22.7 Å². The summed E-state index contributed by atoms with van der Waals surface area (Å²) in [6, 6.07) is 3.85. The van der Waals surface area contributed by atoms with E-state index in [-0.39, 0.29) is 12.0 Å². The molecule has 0 spiro atoms. The van der Waals surface area contributed by atoms with Crippen LogP contribution in [0.3, 0.4) is 0 Å². The molecule has 1 saturated heterocycles. The molecule has 0 bridgehead atoms. The maximum Gasteiger partial charge on any atom is 0.261 e. The fourth-order valence-electron chi connectivity index (χ4n) is 2.62. The van der Waals surface area contributed by atoms with Crippen molar-refractivity contribution in [2.75, 3.05) is 6.61 Å². The smallest absolute Gasteiger partial charge is 0.261 e. The predicted molar refractivity (Wildman–Crippen MR) is 96.6 cm³/mol. The highest BCUT2D eigenvalue weighted by Crippen LogP contribution is 2.33. The number of carbonyl (C=O) groups excluding carboxylic acids is 1. The van der Waals surface area contributed by atoms with Crippen LogP contribution in [0.2, 0.25) is 0 Å². The molecule has 0 aliphatic carbocycles. The van der Waals surface area contributed by atoms with Gasteiger partial charge in [-0.3, -0.25) is 14.8 Å². The van der Waals surface area contributed by atoms with Gasteiger partial charge in [0.1, 0.15) is 10.7 Å². The molecular weight excluding hydrogens is 356 g/mol. The molecule has 3 aromatic rings. The average Bonchev–Trinajstić information content (AvgIpc) is 3.41. The van der Waals surface area contributed by atoms with Crippen LogP contribution in [0.1, 0.15) is 39.2 Å². The highest BCUT2D eigenvalue weighted by atomic mass is 32.1. The van der Waals surface area contributed by atoms with Crippen LogP contribution in [0.5, 0.6) is 0 Å². The van der Waals surface area contributed by atoms with Crippen molar-refractivity contribution in [1.29, 1.82) is 0 Å². The maximum atomic E-state index is 12.3. The molecule has 1 N–H and O–H groups in total. The summed E-state index contributed by atoms with van der Waals surface area (Å²) in [5.74, 6) is -0.0803. The summed E-state index contributed by atoms with van der Waals surface area (Å²) in [7, 11) is 0. The summed E-state index contributed by atoms with van der Waals surface area (Å²) in [6.45, 7) is 1.20. The first-order chi connectivity index (χ1) is 12.3. The van der Waals surface area contributed by atoms with Crippen molar-refractivity contribution in [3.05, 3.63) is 51.6 Å². The standard InChI is InChI=1S/C17H16N4O2S2/c22-16(15-4-3-14(25-15)13-2-1-7-23-13)20-8-11-10-24-17(21-11)12-9-18-5-6-19-12/h3-6,9-10,13H,1-2,7-8H2,(H,20,22)/t13-/m1/s1. The van der Waals surface area contributed by atoms with Crippen molar-refractivity contribution < 1.29 is 9.53 Å². The van der Waals surface area contributed by atoms with Crippen molar-refractivity contribution in [2.45, 2.75) is 25.5 Å². The Morgan fingerprint density at radius 2 is 2.32 bits per heavy atom. The van der Waals surface area contributed by atoms with Crippen LogP contribution in [0.25, 0.3) is 10.7 Å². The lowest BCUT2D eigenvalue weighted by Crippen LogP contribution is -2.21. The van der Waals surface area contributed by atoms with Gasteiger partial charge in [-0.05, 0) is 25.0 Å². The van der Waals surface area contributed by atoms with Gasteiger partial charge >= 0.3 is 0 Å². The van der Waals surface area contributed by atoms with E-state index in [2.05, 4.69) is 20.3 Å². The summed E-state index contributed by atoms with van der Waals surface area (Å²) < 4.78 is 5.67. The fraction of sp³-hybridized carbons (Fsp3) is 0.294. The van der Waals surface area contributed by atoms with Crippen molar-refractivity contribution in [1.82, 2.24) is 20.3 Å². The maximum absolute atomic E-state index is 12.3. The Bertz CT molecular complexity index is 856. The summed E-state index contributed by atoms with van der Waals surface area (Å²) in [4.78, 5) is 26.9. The van der Waals surface area contributed by atoms with Crippen molar-refractivity contribution >= 4 is 28.6 Å². The molecule has 0 saturated carbocycles. The number of nitrogens with zero attached hydrogens (tertiary/aromatic N) is 3. The zero-order valence-electron chi connectivity index (χ0n) is 13.3. The third kappa shape index (κ3) is 3.76. The molecular formula is C17H16N4O2S2. The zero-order chi connectivity index (χ0) is 17.1. The monoisotopic (exact) mass is 372 g/mol. The minimum Gasteiger partial charge on any atom is -0.373 e. The lowest BCUT2D eigenvalue weighted by molar-refractivity contribution is 0.0954. The van der Waals surface area contributed by atoms with E-state index in [0.29, 0.717) is 11.4 Å². The minimum atomic E-state index is -0.0803. The van der Waals surface area contributed by atoms with Crippen LogP contribution < -0.4 is 5.32 Å². The van der Waals surface area contributed by atoms with E-state index in [1.54, 1.807) is 18.6 Å². The molecule has 3 aromatic heterocycles. The predicted octanol–water partition coefficient (Wildman–Crippen LogP) is 3.44. The largest absolute Gasteiger partial charge is 0.373 e. The number of amides is 1. The quantitative estimate of drug-likeness (QED) is 0.742. The first-order valence-corrected chi connectivity index (χ1v) is 9.69. The summed E-state index contributed by atoms with van der Waals surface area (Å²) in [5.41, 5.74) is 1.56. The Labute approximate surface area is 152 Å². The Hall–Kier alpha value is -2.16. The van der Waals surface area contributed by atoms with Crippen LogP contribution >= 0.6 is 22.7 Å². The van der Waals surface area contributed by atoms with Gasteiger partial charge in [0.05, 0.1) is 29.4 Å². The fourth-order valence-corrected chi connectivity index (χ4v) is 4.41. The summed E-state index contributed by atoms with van der Waals surface area (Å²) in [5, 5.41) is 5.65. The Morgan fingerprint density at radius 1 is 1.36 bits per heavy atom. The summed E-state index contributed by atoms with van der Waals surface area (Å²) >= 11 is 2.99. The number of rotatable bonds is 5.